The lowest BCUT2D eigenvalue weighted by Crippen LogP contribution is -1.99. The van der Waals surface area contributed by atoms with Crippen LogP contribution in [-0.4, -0.2) is 14.9 Å². The Morgan fingerprint density at radius 1 is 1.18 bits per heavy atom. The molecule has 2 aromatic rings. The Morgan fingerprint density at radius 3 is 2.29 bits per heavy atom. The Bertz CT molecular complexity index is 512. The molecule has 90 valence electrons. The van der Waals surface area contributed by atoms with Crippen molar-refractivity contribution in [1.29, 1.82) is 0 Å². The standard InChI is InChI=1S/C14H18N2O/c1-4-12-5-7-13(8-6-12)16-11(3)14(9-17)10(2)15-16/h5-8,17H,4,9H2,1-3H3. The van der Waals surface area contributed by atoms with Gasteiger partial charge in [0.05, 0.1) is 18.0 Å². The first-order valence-corrected chi connectivity index (χ1v) is 5.92. The number of hydrogen-bond acceptors (Lipinski definition) is 2. The molecule has 0 bridgehead atoms. The summed E-state index contributed by atoms with van der Waals surface area (Å²) in [7, 11) is 0. The molecule has 0 atom stereocenters. The first-order valence-electron chi connectivity index (χ1n) is 5.92. The molecule has 0 aliphatic rings. The van der Waals surface area contributed by atoms with Crippen molar-refractivity contribution in [1.82, 2.24) is 9.78 Å². The van der Waals surface area contributed by atoms with E-state index in [0.717, 1.165) is 29.1 Å². The second-order valence-corrected chi connectivity index (χ2v) is 4.24. The van der Waals surface area contributed by atoms with Gasteiger partial charge >= 0.3 is 0 Å². The Hall–Kier alpha value is -1.61. The van der Waals surface area contributed by atoms with Gasteiger partial charge < -0.3 is 5.11 Å². The van der Waals surface area contributed by atoms with Crippen molar-refractivity contribution < 1.29 is 5.11 Å². The van der Waals surface area contributed by atoms with E-state index in [2.05, 4.69) is 36.3 Å². The van der Waals surface area contributed by atoms with Gasteiger partial charge in [-0.15, -0.1) is 0 Å². The predicted molar refractivity (Wildman–Crippen MR) is 68.3 cm³/mol. The van der Waals surface area contributed by atoms with Crippen LogP contribution in [0.2, 0.25) is 0 Å². The summed E-state index contributed by atoms with van der Waals surface area (Å²) in [4.78, 5) is 0. The zero-order chi connectivity index (χ0) is 12.4. The monoisotopic (exact) mass is 230 g/mol. The molecule has 1 aromatic carbocycles. The van der Waals surface area contributed by atoms with Gasteiger partial charge in [-0.3, -0.25) is 0 Å². The predicted octanol–water partition coefficient (Wildman–Crippen LogP) is 2.54. The number of aliphatic hydroxyl groups excluding tert-OH is 1. The Balaban J connectivity index is 2.45. The van der Waals surface area contributed by atoms with Gasteiger partial charge in [0, 0.05) is 11.3 Å². The summed E-state index contributed by atoms with van der Waals surface area (Å²) < 4.78 is 1.89. The van der Waals surface area contributed by atoms with Crippen LogP contribution >= 0.6 is 0 Å². The fraction of sp³-hybridized carbons (Fsp3) is 0.357. The van der Waals surface area contributed by atoms with Crippen LogP contribution < -0.4 is 0 Å². The third kappa shape index (κ3) is 2.11. The van der Waals surface area contributed by atoms with Crippen molar-refractivity contribution in [3.8, 4) is 5.69 Å². The summed E-state index contributed by atoms with van der Waals surface area (Å²) in [6, 6.07) is 8.37. The SMILES string of the molecule is CCc1ccc(-n2nc(C)c(CO)c2C)cc1. The van der Waals surface area contributed by atoms with E-state index < -0.39 is 0 Å². The smallest absolute Gasteiger partial charge is 0.0718 e. The summed E-state index contributed by atoms with van der Waals surface area (Å²) in [6.07, 6.45) is 1.04. The number of aryl methyl sites for hydroxylation is 2. The maximum Gasteiger partial charge on any atom is 0.0718 e. The van der Waals surface area contributed by atoms with Crippen molar-refractivity contribution in [2.24, 2.45) is 0 Å². The fourth-order valence-electron chi connectivity index (χ4n) is 2.03. The number of rotatable bonds is 3. The molecule has 1 heterocycles. The van der Waals surface area contributed by atoms with Crippen LogP contribution in [0.5, 0.6) is 0 Å². The van der Waals surface area contributed by atoms with E-state index in [0.29, 0.717) is 0 Å². The normalized spacial score (nSPS) is 10.8. The first kappa shape index (κ1) is 11.9. The van der Waals surface area contributed by atoms with Gasteiger partial charge in [-0.2, -0.15) is 5.10 Å². The molecule has 0 unspecified atom stereocenters. The second-order valence-electron chi connectivity index (χ2n) is 4.24. The molecule has 0 aliphatic carbocycles. The van der Waals surface area contributed by atoms with Crippen LogP contribution in [0.15, 0.2) is 24.3 Å². The number of benzene rings is 1. The van der Waals surface area contributed by atoms with Crippen LogP contribution in [-0.2, 0) is 13.0 Å². The van der Waals surface area contributed by atoms with Crippen LogP contribution in [0.4, 0.5) is 0 Å². The van der Waals surface area contributed by atoms with Gasteiger partial charge in [-0.1, -0.05) is 19.1 Å². The van der Waals surface area contributed by atoms with E-state index >= 15 is 0 Å². The van der Waals surface area contributed by atoms with Crippen molar-refractivity contribution >= 4 is 0 Å². The molecule has 0 saturated heterocycles. The molecule has 17 heavy (non-hydrogen) atoms. The summed E-state index contributed by atoms with van der Waals surface area (Å²) in [5.41, 5.74) is 5.18. The highest BCUT2D eigenvalue weighted by Gasteiger charge is 2.11. The van der Waals surface area contributed by atoms with Crippen molar-refractivity contribution in [2.75, 3.05) is 0 Å². The molecule has 1 aromatic heterocycles. The topological polar surface area (TPSA) is 38.0 Å². The highest BCUT2D eigenvalue weighted by atomic mass is 16.3. The van der Waals surface area contributed by atoms with Gasteiger partial charge in [0.15, 0.2) is 0 Å². The number of nitrogens with zero attached hydrogens (tertiary/aromatic N) is 2. The van der Waals surface area contributed by atoms with Gasteiger partial charge in [-0.05, 0) is 38.0 Å². The number of aliphatic hydroxyl groups is 1. The quantitative estimate of drug-likeness (QED) is 0.880. The summed E-state index contributed by atoms with van der Waals surface area (Å²) in [5.74, 6) is 0. The van der Waals surface area contributed by atoms with E-state index in [9.17, 15) is 5.11 Å². The third-order valence-corrected chi connectivity index (χ3v) is 3.19. The Kier molecular flexibility index (Phi) is 3.29. The third-order valence-electron chi connectivity index (χ3n) is 3.19. The molecular weight excluding hydrogens is 212 g/mol. The minimum atomic E-state index is 0.0463. The number of aromatic nitrogens is 2. The molecule has 3 heteroatoms. The molecule has 0 fully saturated rings. The summed E-state index contributed by atoms with van der Waals surface area (Å²) in [5, 5.41) is 13.8. The molecule has 1 N–H and O–H groups in total. The lowest BCUT2D eigenvalue weighted by Gasteiger charge is -2.05. The summed E-state index contributed by atoms with van der Waals surface area (Å²) in [6.45, 7) is 6.10. The van der Waals surface area contributed by atoms with Gasteiger partial charge in [0.2, 0.25) is 0 Å². The van der Waals surface area contributed by atoms with Crippen LogP contribution in [0, 0.1) is 13.8 Å². The minimum absolute atomic E-state index is 0.0463. The molecule has 0 spiro atoms. The van der Waals surface area contributed by atoms with Crippen molar-refractivity contribution in [2.45, 2.75) is 33.8 Å². The van der Waals surface area contributed by atoms with Crippen molar-refractivity contribution in [3.63, 3.8) is 0 Å². The fourth-order valence-corrected chi connectivity index (χ4v) is 2.03. The summed E-state index contributed by atoms with van der Waals surface area (Å²) >= 11 is 0. The molecule has 0 aliphatic heterocycles. The van der Waals surface area contributed by atoms with E-state index in [-0.39, 0.29) is 6.61 Å². The van der Waals surface area contributed by atoms with Crippen molar-refractivity contribution in [3.05, 3.63) is 46.8 Å². The average molecular weight is 230 g/mol. The van der Waals surface area contributed by atoms with E-state index in [1.165, 1.54) is 5.56 Å². The van der Waals surface area contributed by atoms with Crippen LogP contribution in [0.3, 0.4) is 0 Å². The minimum Gasteiger partial charge on any atom is -0.392 e. The van der Waals surface area contributed by atoms with Crippen LogP contribution in [0.1, 0.15) is 29.4 Å². The van der Waals surface area contributed by atoms with Crippen LogP contribution in [0.25, 0.3) is 5.69 Å². The second kappa shape index (κ2) is 4.72. The molecular formula is C14H18N2O. The number of hydrogen-bond donors (Lipinski definition) is 1. The molecule has 3 nitrogen and oxygen atoms in total. The van der Waals surface area contributed by atoms with E-state index in [4.69, 9.17) is 0 Å². The highest BCUT2D eigenvalue weighted by molar-refractivity contribution is 5.38. The van der Waals surface area contributed by atoms with Gasteiger partial charge in [0.1, 0.15) is 0 Å². The maximum atomic E-state index is 9.29. The molecule has 2 rings (SSSR count). The molecule has 0 amide bonds. The lowest BCUT2D eigenvalue weighted by molar-refractivity contribution is 0.280. The highest BCUT2D eigenvalue weighted by Crippen LogP contribution is 2.18. The van der Waals surface area contributed by atoms with Gasteiger partial charge in [-0.25, -0.2) is 4.68 Å². The average Bonchev–Trinajstić information content (AvgIpc) is 2.64. The maximum absolute atomic E-state index is 9.29. The zero-order valence-corrected chi connectivity index (χ0v) is 10.6. The van der Waals surface area contributed by atoms with E-state index in [1.54, 1.807) is 0 Å². The van der Waals surface area contributed by atoms with Gasteiger partial charge in [0.25, 0.3) is 0 Å². The Labute approximate surface area is 102 Å². The zero-order valence-electron chi connectivity index (χ0n) is 10.6. The molecule has 0 radical (unpaired) electrons. The lowest BCUT2D eigenvalue weighted by atomic mass is 10.1. The first-order chi connectivity index (χ1) is 8.17. The largest absolute Gasteiger partial charge is 0.392 e. The van der Waals surface area contributed by atoms with E-state index in [1.807, 2.05) is 18.5 Å². The Morgan fingerprint density at radius 2 is 1.82 bits per heavy atom. The molecule has 0 saturated carbocycles.